The molecule has 0 radical (unpaired) electrons. The molecule has 0 aliphatic heterocycles. The van der Waals surface area contributed by atoms with Crippen LogP contribution in [0.15, 0.2) is 36.4 Å². The summed E-state index contributed by atoms with van der Waals surface area (Å²) in [6, 6.07) is 12.3. The van der Waals surface area contributed by atoms with Gasteiger partial charge < -0.3 is 9.84 Å². The van der Waals surface area contributed by atoms with Gasteiger partial charge in [0.15, 0.2) is 0 Å². The summed E-state index contributed by atoms with van der Waals surface area (Å²) in [6.45, 7) is 4.06. The van der Waals surface area contributed by atoms with Crippen LogP contribution >= 0.6 is 0 Å². The molecule has 1 aliphatic rings. The van der Waals surface area contributed by atoms with E-state index in [1.54, 1.807) is 7.11 Å². The van der Waals surface area contributed by atoms with Crippen LogP contribution in [0.4, 0.5) is 0 Å². The summed E-state index contributed by atoms with van der Waals surface area (Å²) in [4.78, 5) is 0. The van der Waals surface area contributed by atoms with Crippen molar-refractivity contribution in [2.75, 3.05) is 7.11 Å². The van der Waals surface area contributed by atoms with Crippen LogP contribution in [0.2, 0.25) is 0 Å². The van der Waals surface area contributed by atoms with Gasteiger partial charge in [-0.1, -0.05) is 24.3 Å². The minimum absolute atomic E-state index is 0.749. The number of methoxy groups -OCH3 is 1. The molecular formula is C18H20O2. The summed E-state index contributed by atoms with van der Waals surface area (Å²) in [5.74, 6) is 0.876. The lowest BCUT2D eigenvalue weighted by atomic mass is 9.84. The minimum atomic E-state index is -0.863. The molecule has 1 atom stereocenters. The molecule has 2 nitrogen and oxygen atoms in total. The maximum absolute atomic E-state index is 11.2. The average molecular weight is 268 g/mol. The van der Waals surface area contributed by atoms with Crippen LogP contribution in [0.25, 0.3) is 0 Å². The predicted octanol–water partition coefficient (Wildman–Crippen LogP) is 3.49. The first-order valence-corrected chi connectivity index (χ1v) is 7.03. The molecule has 0 fully saturated rings. The molecule has 3 rings (SSSR count). The molecule has 2 aromatic carbocycles. The van der Waals surface area contributed by atoms with Gasteiger partial charge in [-0.2, -0.15) is 0 Å². The van der Waals surface area contributed by atoms with Gasteiger partial charge in [-0.3, -0.25) is 0 Å². The van der Waals surface area contributed by atoms with Gasteiger partial charge in [-0.05, 0) is 66.6 Å². The van der Waals surface area contributed by atoms with Gasteiger partial charge in [0.25, 0.3) is 0 Å². The van der Waals surface area contributed by atoms with Crippen LogP contribution in [-0.4, -0.2) is 12.2 Å². The lowest BCUT2D eigenvalue weighted by Crippen LogP contribution is -2.25. The Bertz CT molecular complexity index is 660. The van der Waals surface area contributed by atoms with Crippen molar-refractivity contribution < 1.29 is 9.84 Å². The number of aliphatic hydroxyl groups is 1. The molecule has 2 heteroatoms. The normalized spacial score (nSPS) is 20.8. The monoisotopic (exact) mass is 268 g/mol. The molecule has 2 aromatic rings. The first-order chi connectivity index (χ1) is 9.56. The van der Waals surface area contributed by atoms with Gasteiger partial charge in [0.05, 0.1) is 7.11 Å². The summed E-state index contributed by atoms with van der Waals surface area (Å²) in [7, 11) is 1.68. The van der Waals surface area contributed by atoms with Crippen LogP contribution in [-0.2, 0) is 12.0 Å². The zero-order valence-corrected chi connectivity index (χ0v) is 12.2. The fraction of sp³-hybridized carbons (Fsp3) is 0.333. The van der Waals surface area contributed by atoms with E-state index in [9.17, 15) is 5.11 Å². The minimum Gasteiger partial charge on any atom is -0.496 e. The Kier molecular flexibility index (Phi) is 3.06. The summed E-state index contributed by atoms with van der Waals surface area (Å²) in [5.41, 5.74) is 4.58. The highest BCUT2D eigenvalue weighted by molar-refractivity contribution is 5.51. The highest BCUT2D eigenvalue weighted by Crippen LogP contribution is 2.44. The van der Waals surface area contributed by atoms with Crippen molar-refractivity contribution >= 4 is 0 Å². The lowest BCUT2D eigenvalue weighted by molar-refractivity contribution is 0.0821. The molecule has 1 N–H and O–H groups in total. The number of hydrogen-bond acceptors (Lipinski definition) is 2. The third-order valence-electron chi connectivity index (χ3n) is 4.41. The molecule has 1 aliphatic carbocycles. The summed E-state index contributed by atoms with van der Waals surface area (Å²) in [6.07, 6.45) is 1.68. The largest absolute Gasteiger partial charge is 0.496 e. The Morgan fingerprint density at radius 2 is 1.80 bits per heavy atom. The number of rotatable bonds is 2. The standard InChI is InChI=1S/C18H20O2/c1-12-11-17(20-3)13(2)10-16(12)18(19)9-8-14-6-4-5-7-15(14)18/h4-7,10-11,19H,8-9H2,1-3H3. The SMILES string of the molecule is COc1cc(C)c(C2(O)CCc3ccccc32)cc1C. The Balaban J connectivity index is 2.17. The van der Waals surface area contributed by atoms with Crippen molar-refractivity contribution in [2.24, 2.45) is 0 Å². The summed E-state index contributed by atoms with van der Waals surface area (Å²) in [5, 5.41) is 11.2. The van der Waals surface area contributed by atoms with Crippen molar-refractivity contribution in [3.63, 3.8) is 0 Å². The van der Waals surface area contributed by atoms with Crippen LogP contribution in [0.3, 0.4) is 0 Å². The summed E-state index contributed by atoms with van der Waals surface area (Å²) < 4.78 is 5.36. The van der Waals surface area contributed by atoms with Crippen LogP contribution in [0, 0.1) is 13.8 Å². The van der Waals surface area contributed by atoms with E-state index in [-0.39, 0.29) is 0 Å². The van der Waals surface area contributed by atoms with Gasteiger partial charge in [-0.25, -0.2) is 0 Å². The van der Waals surface area contributed by atoms with Crippen LogP contribution in [0.1, 0.15) is 34.2 Å². The third kappa shape index (κ3) is 1.83. The van der Waals surface area contributed by atoms with Crippen molar-refractivity contribution in [1.82, 2.24) is 0 Å². The van der Waals surface area contributed by atoms with Crippen LogP contribution in [0.5, 0.6) is 5.75 Å². The Morgan fingerprint density at radius 1 is 1.05 bits per heavy atom. The van der Waals surface area contributed by atoms with E-state index in [1.807, 2.05) is 38.1 Å². The predicted molar refractivity (Wildman–Crippen MR) is 80.2 cm³/mol. The highest BCUT2D eigenvalue weighted by atomic mass is 16.5. The molecule has 0 spiro atoms. The van der Waals surface area contributed by atoms with Gasteiger partial charge in [0.2, 0.25) is 0 Å². The van der Waals surface area contributed by atoms with Crippen molar-refractivity contribution in [3.8, 4) is 5.75 Å². The molecule has 0 amide bonds. The van der Waals surface area contributed by atoms with E-state index in [0.717, 1.165) is 40.8 Å². The van der Waals surface area contributed by atoms with E-state index in [0.29, 0.717) is 0 Å². The van der Waals surface area contributed by atoms with Crippen molar-refractivity contribution in [3.05, 3.63) is 64.2 Å². The second kappa shape index (κ2) is 4.64. The molecule has 0 saturated carbocycles. The first kappa shape index (κ1) is 13.2. The molecule has 1 unspecified atom stereocenters. The first-order valence-electron chi connectivity index (χ1n) is 7.03. The number of ether oxygens (including phenoxy) is 1. The molecule has 0 bridgehead atoms. The molecule has 0 aromatic heterocycles. The fourth-order valence-electron chi connectivity index (χ4n) is 3.33. The fourth-order valence-corrected chi connectivity index (χ4v) is 3.33. The second-order valence-corrected chi connectivity index (χ2v) is 5.65. The van der Waals surface area contributed by atoms with Gasteiger partial charge >= 0.3 is 0 Å². The maximum atomic E-state index is 11.2. The Labute approximate surface area is 120 Å². The average Bonchev–Trinajstić information content (AvgIpc) is 2.80. The van der Waals surface area contributed by atoms with Crippen LogP contribution < -0.4 is 4.74 Å². The zero-order chi connectivity index (χ0) is 14.3. The Morgan fingerprint density at radius 3 is 2.55 bits per heavy atom. The topological polar surface area (TPSA) is 29.5 Å². The maximum Gasteiger partial charge on any atom is 0.122 e. The summed E-state index contributed by atoms with van der Waals surface area (Å²) >= 11 is 0. The van der Waals surface area contributed by atoms with E-state index in [4.69, 9.17) is 4.74 Å². The molecule has 0 saturated heterocycles. The second-order valence-electron chi connectivity index (χ2n) is 5.65. The molecule has 20 heavy (non-hydrogen) atoms. The Hall–Kier alpha value is -1.80. The molecule has 0 heterocycles. The smallest absolute Gasteiger partial charge is 0.122 e. The quantitative estimate of drug-likeness (QED) is 0.903. The van der Waals surface area contributed by atoms with E-state index in [2.05, 4.69) is 12.1 Å². The molecule has 104 valence electrons. The number of benzene rings is 2. The molecular weight excluding hydrogens is 248 g/mol. The van der Waals surface area contributed by atoms with Gasteiger partial charge in [0.1, 0.15) is 11.4 Å². The number of aryl methyl sites for hydroxylation is 3. The van der Waals surface area contributed by atoms with Gasteiger partial charge in [-0.15, -0.1) is 0 Å². The third-order valence-corrected chi connectivity index (χ3v) is 4.41. The van der Waals surface area contributed by atoms with E-state index >= 15 is 0 Å². The van der Waals surface area contributed by atoms with Gasteiger partial charge in [0, 0.05) is 0 Å². The van der Waals surface area contributed by atoms with Crippen molar-refractivity contribution in [1.29, 1.82) is 0 Å². The van der Waals surface area contributed by atoms with E-state index in [1.165, 1.54) is 5.56 Å². The number of hydrogen-bond donors (Lipinski definition) is 1. The zero-order valence-electron chi connectivity index (χ0n) is 12.2. The van der Waals surface area contributed by atoms with E-state index < -0.39 is 5.60 Å². The number of fused-ring (bicyclic) bond motifs is 1. The van der Waals surface area contributed by atoms with Crippen molar-refractivity contribution in [2.45, 2.75) is 32.3 Å². The lowest BCUT2D eigenvalue weighted by Gasteiger charge is -2.27. The highest BCUT2D eigenvalue weighted by Gasteiger charge is 2.39.